The minimum atomic E-state index is -0.439. The van der Waals surface area contributed by atoms with E-state index in [1.165, 1.54) is 13.2 Å². The van der Waals surface area contributed by atoms with E-state index in [2.05, 4.69) is 5.32 Å². The number of benzene rings is 2. The van der Waals surface area contributed by atoms with Crippen LogP contribution >= 0.6 is 0 Å². The number of ketones is 1. The number of rotatable bonds is 4. The van der Waals surface area contributed by atoms with Crippen LogP contribution in [-0.4, -0.2) is 18.9 Å². The second-order valence-electron chi connectivity index (χ2n) is 5.17. The molecular formula is C17H16FNO2. The molecule has 0 amide bonds. The largest absolute Gasteiger partial charge is 0.494 e. The molecule has 0 bridgehead atoms. The molecule has 1 aliphatic rings. The molecule has 1 atom stereocenters. The van der Waals surface area contributed by atoms with Gasteiger partial charge in [0.2, 0.25) is 0 Å². The van der Waals surface area contributed by atoms with E-state index in [1.54, 1.807) is 12.1 Å². The number of ether oxygens (including phenoxy) is 1. The molecule has 0 fully saturated rings. The van der Waals surface area contributed by atoms with Crippen molar-refractivity contribution in [2.45, 2.75) is 18.9 Å². The lowest BCUT2D eigenvalue weighted by Gasteiger charge is -2.11. The van der Waals surface area contributed by atoms with Crippen LogP contribution in [0.15, 0.2) is 42.5 Å². The predicted molar refractivity (Wildman–Crippen MR) is 79.2 cm³/mol. The van der Waals surface area contributed by atoms with Gasteiger partial charge in [0, 0.05) is 18.5 Å². The molecule has 108 valence electrons. The third kappa shape index (κ3) is 2.75. The van der Waals surface area contributed by atoms with E-state index in [1.807, 2.05) is 24.3 Å². The van der Waals surface area contributed by atoms with Gasteiger partial charge in [-0.2, -0.15) is 0 Å². The standard InChI is InChI=1S/C17H16FNO2/c1-21-17-7-6-11(8-13(17)18)9-16(20)15-10-12-4-2-3-5-14(12)19-15/h2-8,15,19H,9-10H2,1H3. The zero-order chi connectivity index (χ0) is 14.8. The van der Waals surface area contributed by atoms with Gasteiger partial charge in [-0.05, 0) is 29.3 Å². The minimum absolute atomic E-state index is 0.0655. The van der Waals surface area contributed by atoms with Gasteiger partial charge in [0.05, 0.1) is 13.2 Å². The highest BCUT2D eigenvalue weighted by molar-refractivity contribution is 5.90. The van der Waals surface area contributed by atoms with Gasteiger partial charge < -0.3 is 10.1 Å². The van der Waals surface area contributed by atoms with Gasteiger partial charge in [0.25, 0.3) is 0 Å². The van der Waals surface area contributed by atoms with E-state index >= 15 is 0 Å². The van der Waals surface area contributed by atoms with Crippen LogP contribution in [0.5, 0.6) is 5.75 Å². The normalized spacial score (nSPS) is 16.2. The van der Waals surface area contributed by atoms with Gasteiger partial charge in [0.15, 0.2) is 17.3 Å². The van der Waals surface area contributed by atoms with Crippen LogP contribution in [0.4, 0.5) is 10.1 Å². The van der Waals surface area contributed by atoms with Crippen LogP contribution in [0.2, 0.25) is 0 Å². The van der Waals surface area contributed by atoms with Crippen LogP contribution in [0, 0.1) is 5.82 Å². The van der Waals surface area contributed by atoms with Crippen molar-refractivity contribution < 1.29 is 13.9 Å². The molecule has 0 spiro atoms. The number of para-hydroxylation sites is 1. The molecule has 1 aliphatic heterocycles. The fourth-order valence-electron chi connectivity index (χ4n) is 2.64. The van der Waals surface area contributed by atoms with Crippen LogP contribution in [0.25, 0.3) is 0 Å². The summed E-state index contributed by atoms with van der Waals surface area (Å²) in [6.07, 6.45) is 0.903. The molecule has 4 heteroatoms. The molecule has 3 nitrogen and oxygen atoms in total. The Labute approximate surface area is 122 Å². The maximum Gasteiger partial charge on any atom is 0.165 e. The average Bonchev–Trinajstić information content (AvgIpc) is 2.91. The highest BCUT2D eigenvalue weighted by atomic mass is 19.1. The Morgan fingerprint density at radius 1 is 1.33 bits per heavy atom. The number of hydrogen-bond acceptors (Lipinski definition) is 3. The summed E-state index contributed by atoms with van der Waals surface area (Å²) in [5.74, 6) is -0.182. The van der Waals surface area contributed by atoms with Crippen molar-refractivity contribution >= 4 is 11.5 Å². The number of carbonyl (C=O) groups excluding carboxylic acids is 1. The lowest BCUT2D eigenvalue weighted by Crippen LogP contribution is -2.28. The number of carbonyl (C=O) groups is 1. The number of nitrogens with one attached hydrogen (secondary N) is 1. The van der Waals surface area contributed by atoms with Gasteiger partial charge in [-0.3, -0.25) is 4.79 Å². The molecule has 0 aliphatic carbocycles. The summed E-state index contributed by atoms with van der Waals surface area (Å²) < 4.78 is 18.5. The fraction of sp³-hybridized carbons (Fsp3) is 0.235. The highest BCUT2D eigenvalue weighted by Gasteiger charge is 2.26. The van der Waals surface area contributed by atoms with E-state index in [-0.39, 0.29) is 24.0 Å². The van der Waals surface area contributed by atoms with E-state index < -0.39 is 5.82 Å². The third-order valence-corrected chi connectivity index (χ3v) is 3.75. The van der Waals surface area contributed by atoms with Crippen molar-refractivity contribution in [3.8, 4) is 5.75 Å². The van der Waals surface area contributed by atoms with Gasteiger partial charge in [0.1, 0.15) is 0 Å². The lowest BCUT2D eigenvalue weighted by atomic mass is 10.0. The summed E-state index contributed by atoms with van der Waals surface area (Å²) in [4.78, 5) is 12.3. The molecule has 0 saturated heterocycles. The Morgan fingerprint density at radius 2 is 2.14 bits per heavy atom. The Hall–Kier alpha value is -2.36. The number of anilines is 1. The Morgan fingerprint density at radius 3 is 2.86 bits per heavy atom. The molecule has 3 rings (SSSR count). The van der Waals surface area contributed by atoms with E-state index in [0.717, 1.165) is 11.3 Å². The second kappa shape index (κ2) is 5.56. The number of halogens is 1. The van der Waals surface area contributed by atoms with Crippen molar-refractivity contribution in [2.75, 3.05) is 12.4 Å². The summed E-state index contributed by atoms with van der Waals surface area (Å²) in [5, 5.41) is 3.22. The Bertz CT molecular complexity index is 659. The van der Waals surface area contributed by atoms with Crippen LogP contribution in [0.1, 0.15) is 11.1 Å². The average molecular weight is 285 g/mol. The summed E-state index contributed by atoms with van der Waals surface area (Å²) in [5.41, 5.74) is 2.82. The van der Waals surface area contributed by atoms with Gasteiger partial charge in [-0.1, -0.05) is 24.3 Å². The van der Waals surface area contributed by atoms with Crippen LogP contribution < -0.4 is 10.1 Å². The van der Waals surface area contributed by atoms with Gasteiger partial charge in [-0.15, -0.1) is 0 Å². The first-order valence-electron chi connectivity index (χ1n) is 6.87. The van der Waals surface area contributed by atoms with Gasteiger partial charge in [-0.25, -0.2) is 4.39 Å². The maximum absolute atomic E-state index is 13.6. The number of Topliss-reactive ketones (excluding diaryl/α,β-unsaturated/α-hetero) is 1. The number of hydrogen-bond donors (Lipinski definition) is 1. The fourth-order valence-corrected chi connectivity index (χ4v) is 2.64. The number of methoxy groups -OCH3 is 1. The first kappa shape index (κ1) is 13.6. The van der Waals surface area contributed by atoms with Crippen LogP contribution in [-0.2, 0) is 17.6 Å². The van der Waals surface area contributed by atoms with E-state index in [4.69, 9.17) is 4.74 Å². The van der Waals surface area contributed by atoms with E-state index in [9.17, 15) is 9.18 Å². The summed E-state index contributed by atoms with van der Waals surface area (Å²) in [7, 11) is 1.42. The topological polar surface area (TPSA) is 38.3 Å². The molecule has 1 N–H and O–H groups in total. The number of fused-ring (bicyclic) bond motifs is 1. The van der Waals surface area contributed by atoms with Crippen molar-refractivity contribution in [3.63, 3.8) is 0 Å². The molecule has 0 saturated carbocycles. The monoisotopic (exact) mass is 285 g/mol. The molecule has 1 unspecified atom stereocenters. The highest BCUT2D eigenvalue weighted by Crippen LogP contribution is 2.26. The zero-order valence-electron chi connectivity index (χ0n) is 11.7. The first-order chi connectivity index (χ1) is 10.2. The predicted octanol–water partition coefficient (Wildman–Crippen LogP) is 2.98. The van der Waals surface area contributed by atoms with Crippen molar-refractivity contribution in [2.24, 2.45) is 0 Å². The SMILES string of the molecule is COc1ccc(CC(=O)C2Cc3ccccc3N2)cc1F. The minimum Gasteiger partial charge on any atom is -0.494 e. The summed E-state index contributed by atoms with van der Waals surface area (Å²) in [6, 6.07) is 12.3. The van der Waals surface area contributed by atoms with Crippen molar-refractivity contribution in [3.05, 3.63) is 59.4 Å². The van der Waals surface area contributed by atoms with Gasteiger partial charge >= 0.3 is 0 Å². The molecular weight excluding hydrogens is 269 g/mol. The Balaban J connectivity index is 1.69. The van der Waals surface area contributed by atoms with E-state index in [0.29, 0.717) is 12.0 Å². The quantitative estimate of drug-likeness (QED) is 0.938. The van der Waals surface area contributed by atoms with Crippen molar-refractivity contribution in [1.82, 2.24) is 0 Å². The molecule has 2 aromatic carbocycles. The van der Waals surface area contributed by atoms with Crippen LogP contribution in [0.3, 0.4) is 0 Å². The maximum atomic E-state index is 13.6. The Kier molecular flexibility index (Phi) is 3.60. The molecule has 0 aromatic heterocycles. The molecule has 1 heterocycles. The summed E-state index contributed by atoms with van der Waals surface area (Å²) >= 11 is 0. The summed E-state index contributed by atoms with van der Waals surface area (Å²) in [6.45, 7) is 0. The molecule has 2 aromatic rings. The molecule has 0 radical (unpaired) electrons. The molecule has 21 heavy (non-hydrogen) atoms. The van der Waals surface area contributed by atoms with Crippen molar-refractivity contribution in [1.29, 1.82) is 0 Å². The lowest BCUT2D eigenvalue weighted by molar-refractivity contribution is -0.119. The first-order valence-corrected chi connectivity index (χ1v) is 6.87. The third-order valence-electron chi connectivity index (χ3n) is 3.75. The zero-order valence-corrected chi connectivity index (χ0v) is 11.7. The smallest absolute Gasteiger partial charge is 0.165 e. The second-order valence-corrected chi connectivity index (χ2v) is 5.17.